The van der Waals surface area contributed by atoms with Gasteiger partial charge in [0.15, 0.2) is 0 Å². The van der Waals surface area contributed by atoms with E-state index in [4.69, 9.17) is 23.2 Å². The molecule has 0 radical (unpaired) electrons. The zero-order valence-corrected chi connectivity index (χ0v) is 15.5. The number of fused-ring (bicyclic) bond motifs is 1. The smallest absolute Gasteiger partial charge is 0.265 e. The van der Waals surface area contributed by atoms with Crippen LogP contribution in [0.5, 0.6) is 0 Å². The Hall–Kier alpha value is -1.85. The molecule has 0 bridgehead atoms. The van der Waals surface area contributed by atoms with Crippen LogP contribution in [0, 0.1) is 6.92 Å². The van der Waals surface area contributed by atoms with Gasteiger partial charge in [0.1, 0.15) is 5.52 Å². The molecule has 1 aromatic carbocycles. The monoisotopic (exact) mass is 364 g/mol. The molecule has 0 fully saturated rings. The van der Waals surface area contributed by atoms with Gasteiger partial charge in [0.05, 0.1) is 34.0 Å². The molecule has 0 atom stereocenters. The van der Waals surface area contributed by atoms with Gasteiger partial charge in [0.2, 0.25) is 0 Å². The molecule has 0 N–H and O–H groups in total. The van der Waals surface area contributed by atoms with Crippen molar-refractivity contribution in [2.45, 2.75) is 39.8 Å². The third-order valence-corrected chi connectivity index (χ3v) is 4.56. The van der Waals surface area contributed by atoms with Crippen molar-refractivity contribution in [3.8, 4) is 0 Å². The Labute approximate surface area is 149 Å². The van der Waals surface area contributed by atoms with E-state index in [0.717, 1.165) is 16.6 Å². The molecular weight excluding hydrogens is 347 g/mol. The Morgan fingerprint density at radius 3 is 2.50 bits per heavy atom. The number of aryl methyl sites for hydroxylation is 1. The molecule has 7 heteroatoms. The normalized spacial score (nSPS) is 12.1. The summed E-state index contributed by atoms with van der Waals surface area (Å²) in [5, 5.41) is 10.5. The second-order valence-electron chi connectivity index (χ2n) is 6.79. The highest BCUT2D eigenvalue weighted by Gasteiger charge is 2.21. The van der Waals surface area contributed by atoms with Crippen LogP contribution in [0.2, 0.25) is 10.0 Å². The van der Waals surface area contributed by atoms with Crippen molar-refractivity contribution in [3.05, 3.63) is 56.1 Å². The van der Waals surface area contributed by atoms with Gasteiger partial charge < -0.3 is 0 Å². The number of hydrogen-bond acceptors (Lipinski definition) is 3. The maximum Gasteiger partial charge on any atom is 0.293 e. The first-order chi connectivity index (χ1) is 11.2. The van der Waals surface area contributed by atoms with Crippen LogP contribution in [-0.4, -0.2) is 19.6 Å². The first kappa shape index (κ1) is 17.0. The lowest BCUT2D eigenvalue weighted by Gasteiger charge is -2.20. The van der Waals surface area contributed by atoms with Gasteiger partial charge in [-0.1, -0.05) is 29.3 Å². The maximum absolute atomic E-state index is 12.9. The third kappa shape index (κ3) is 2.94. The van der Waals surface area contributed by atoms with Crippen LogP contribution < -0.4 is 5.56 Å². The number of rotatable bonds is 2. The summed E-state index contributed by atoms with van der Waals surface area (Å²) in [5.74, 6) is 0. The number of benzene rings is 1. The van der Waals surface area contributed by atoms with Crippen molar-refractivity contribution in [2.75, 3.05) is 0 Å². The van der Waals surface area contributed by atoms with Crippen molar-refractivity contribution in [1.82, 2.24) is 19.6 Å². The second kappa shape index (κ2) is 5.90. The summed E-state index contributed by atoms with van der Waals surface area (Å²) >= 11 is 12.0. The minimum atomic E-state index is -0.296. The summed E-state index contributed by atoms with van der Waals surface area (Å²) < 4.78 is 3.20. The zero-order valence-electron chi connectivity index (χ0n) is 14.0. The van der Waals surface area contributed by atoms with Crippen molar-refractivity contribution < 1.29 is 0 Å². The van der Waals surface area contributed by atoms with Crippen molar-refractivity contribution in [1.29, 1.82) is 0 Å². The average Bonchev–Trinajstić information content (AvgIpc) is 2.94. The molecule has 3 aromatic rings. The molecule has 0 aliphatic rings. The van der Waals surface area contributed by atoms with Gasteiger partial charge in [-0.05, 0) is 45.4 Å². The van der Waals surface area contributed by atoms with E-state index in [1.807, 2.05) is 33.8 Å². The standard InChI is InChI=1S/C17H18Cl2N4O/c1-10-12-8-20-23(17(2,3)4)15(12)16(24)22(21-10)9-11-5-6-13(18)14(19)7-11/h5-8H,9H2,1-4H3. The molecule has 0 saturated heterocycles. The number of hydrogen-bond donors (Lipinski definition) is 0. The summed E-state index contributed by atoms with van der Waals surface area (Å²) in [6, 6.07) is 5.30. The van der Waals surface area contributed by atoms with E-state index in [9.17, 15) is 4.79 Å². The van der Waals surface area contributed by atoms with E-state index in [1.165, 1.54) is 4.68 Å². The molecule has 0 spiro atoms. The fourth-order valence-corrected chi connectivity index (χ4v) is 2.97. The van der Waals surface area contributed by atoms with Crippen molar-refractivity contribution in [3.63, 3.8) is 0 Å². The van der Waals surface area contributed by atoms with Crippen LogP contribution in [0.1, 0.15) is 32.0 Å². The lowest BCUT2D eigenvalue weighted by atomic mass is 10.1. The number of nitrogens with zero attached hydrogens (tertiary/aromatic N) is 4. The SMILES string of the molecule is Cc1nn(Cc2ccc(Cl)c(Cl)c2)c(=O)c2c1cnn2C(C)(C)C. The quantitative estimate of drug-likeness (QED) is 0.690. The van der Waals surface area contributed by atoms with E-state index in [-0.39, 0.29) is 11.1 Å². The van der Waals surface area contributed by atoms with Gasteiger partial charge in [-0.15, -0.1) is 0 Å². The minimum Gasteiger partial charge on any atom is -0.265 e. The van der Waals surface area contributed by atoms with Crippen LogP contribution in [0.25, 0.3) is 10.9 Å². The van der Waals surface area contributed by atoms with Gasteiger partial charge in [-0.2, -0.15) is 10.2 Å². The highest BCUT2D eigenvalue weighted by atomic mass is 35.5. The largest absolute Gasteiger partial charge is 0.293 e. The van der Waals surface area contributed by atoms with Crippen LogP contribution in [0.3, 0.4) is 0 Å². The number of halogens is 2. The molecular formula is C17H18Cl2N4O. The first-order valence-electron chi connectivity index (χ1n) is 7.58. The summed E-state index contributed by atoms with van der Waals surface area (Å²) in [6.07, 6.45) is 1.70. The molecule has 24 heavy (non-hydrogen) atoms. The molecule has 5 nitrogen and oxygen atoms in total. The van der Waals surface area contributed by atoms with Gasteiger partial charge >= 0.3 is 0 Å². The van der Waals surface area contributed by atoms with E-state index in [1.54, 1.807) is 23.0 Å². The molecule has 126 valence electrons. The fraction of sp³-hybridized carbons (Fsp3) is 0.353. The topological polar surface area (TPSA) is 52.7 Å². The Bertz CT molecular complexity index is 983. The fourth-order valence-electron chi connectivity index (χ4n) is 2.65. The second-order valence-corrected chi connectivity index (χ2v) is 7.60. The van der Waals surface area contributed by atoms with Crippen LogP contribution in [-0.2, 0) is 12.1 Å². The molecule has 0 aliphatic carbocycles. The highest BCUT2D eigenvalue weighted by molar-refractivity contribution is 6.42. The molecule has 0 saturated carbocycles. The van der Waals surface area contributed by atoms with E-state index in [2.05, 4.69) is 10.2 Å². The molecule has 0 amide bonds. The van der Waals surface area contributed by atoms with E-state index in [0.29, 0.717) is 22.1 Å². The molecule has 3 rings (SSSR count). The predicted molar refractivity (Wildman–Crippen MR) is 97.1 cm³/mol. The van der Waals surface area contributed by atoms with Gasteiger partial charge in [-0.3, -0.25) is 9.48 Å². The van der Waals surface area contributed by atoms with Gasteiger partial charge in [0.25, 0.3) is 5.56 Å². The zero-order chi connectivity index (χ0) is 17.6. The Morgan fingerprint density at radius 2 is 1.88 bits per heavy atom. The third-order valence-electron chi connectivity index (χ3n) is 3.82. The Kier molecular flexibility index (Phi) is 4.18. The minimum absolute atomic E-state index is 0.172. The first-order valence-corrected chi connectivity index (χ1v) is 8.34. The number of aromatic nitrogens is 4. The lowest BCUT2D eigenvalue weighted by Crippen LogP contribution is -2.31. The molecule has 2 aromatic heterocycles. The van der Waals surface area contributed by atoms with Gasteiger partial charge in [-0.25, -0.2) is 4.68 Å². The predicted octanol–water partition coefficient (Wildman–Crippen LogP) is 4.01. The highest BCUT2D eigenvalue weighted by Crippen LogP contribution is 2.23. The van der Waals surface area contributed by atoms with E-state index >= 15 is 0 Å². The van der Waals surface area contributed by atoms with Crippen molar-refractivity contribution in [2.24, 2.45) is 0 Å². The summed E-state index contributed by atoms with van der Waals surface area (Å²) in [6.45, 7) is 8.23. The maximum atomic E-state index is 12.9. The Morgan fingerprint density at radius 1 is 1.17 bits per heavy atom. The summed E-state index contributed by atoms with van der Waals surface area (Å²) in [7, 11) is 0. The van der Waals surface area contributed by atoms with Crippen LogP contribution in [0.15, 0.2) is 29.2 Å². The van der Waals surface area contributed by atoms with Crippen LogP contribution in [0.4, 0.5) is 0 Å². The molecule has 2 heterocycles. The lowest BCUT2D eigenvalue weighted by molar-refractivity contribution is 0.366. The van der Waals surface area contributed by atoms with Crippen LogP contribution >= 0.6 is 23.2 Å². The summed E-state index contributed by atoms with van der Waals surface area (Å²) in [4.78, 5) is 12.9. The van der Waals surface area contributed by atoms with Gasteiger partial charge in [0, 0.05) is 5.39 Å². The van der Waals surface area contributed by atoms with E-state index < -0.39 is 0 Å². The van der Waals surface area contributed by atoms with Crippen molar-refractivity contribution >= 4 is 34.1 Å². The molecule has 0 aliphatic heterocycles. The average molecular weight is 365 g/mol. The summed E-state index contributed by atoms with van der Waals surface area (Å²) in [5.41, 5.74) is 1.72. The molecule has 0 unspecified atom stereocenters. The Balaban J connectivity index is 2.17.